The second-order valence-corrected chi connectivity index (χ2v) is 5.61. The van der Waals surface area contributed by atoms with E-state index in [1.807, 2.05) is 6.20 Å². The Balaban J connectivity index is 2.01. The van der Waals surface area contributed by atoms with E-state index < -0.39 is 0 Å². The smallest absolute Gasteiger partial charge is 0.131 e. The molecule has 20 heavy (non-hydrogen) atoms. The van der Waals surface area contributed by atoms with Crippen LogP contribution >= 0.6 is 0 Å². The molecule has 1 fully saturated rings. The lowest BCUT2D eigenvalue weighted by molar-refractivity contribution is 0.0891. The maximum atomic E-state index is 5.49. The van der Waals surface area contributed by atoms with Crippen molar-refractivity contribution in [1.82, 2.24) is 10.3 Å². The highest BCUT2D eigenvalue weighted by Gasteiger charge is 2.21. The molecule has 1 atom stereocenters. The Labute approximate surface area is 122 Å². The van der Waals surface area contributed by atoms with Crippen LogP contribution in [0.3, 0.4) is 0 Å². The van der Waals surface area contributed by atoms with Gasteiger partial charge in [0.15, 0.2) is 0 Å². The Morgan fingerprint density at radius 2 is 2.35 bits per heavy atom. The summed E-state index contributed by atoms with van der Waals surface area (Å²) in [6.45, 7) is 8.34. The summed E-state index contributed by atoms with van der Waals surface area (Å²) in [4.78, 5) is 7.04. The van der Waals surface area contributed by atoms with E-state index in [1.54, 1.807) is 7.11 Å². The molecule has 4 nitrogen and oxygen atoms in total. The zero-order valence-electron chi connectivity index (χ0n) is 13.0. The van der Waals surface area contributed by atoms with Crippen LogP contribution in [0.5, 0.6) is 0 Å². The standard InChI is InChI=1S/C16H27N3O/c1-4-7-17-10-14-9-13(2)16(18-11-14)19-8-5-6-15(12-19)20-3/h9,11,15,17H,4-8,10,12H2,1-3H3. The Morgan fingerprint density at radius 1 is 1.50 bits per heavy atom. The summed E-state index contributed by atoms with van der Waals surface area (Å²) < 4.78 is 5.49. The van der Waals surface area contributed by atoms with Gasteiger partial charge in [-0.3, -0.25) is 0 Å². The molecule has 1 aliphatic heterocycles. The van der Waals surface area contributed by atoms with E-state index in [9.17, 15) is 0 Å². The molecule has 2 heterocycles. The molecule has 0 radical (unpaired) electrons. The van der Waals surface area contributed by atoms with Gasteiger partial charge in [-0.15, -0.1) is 0 Å². The fourth-order valence-electron chi connectivity index (χ4n) is 2.79. The highest BCUT2D eigenvalue weighted by molar-refractivity contribution is 5.47. The first-order valence-corrected chi connectivity index (χ1v) is 7.68. The molecule has 0 aliphatic carbocycles. The van der Waals surface area contributed by atoms with Gasteiger partial charge in [-0.25, -0.2) is 4.98 Å². The van der Waals surface area contributed by atoms with E-state index >= 15 is 0 Å². The third kappa shape index (κ3) is 3.93. The van der Waals surface area contributed by atoms with Gasteiger partial charge in [-0.2, -0.15) is 0 Å². The van der Waals surface area contributed by atoms with Crippen molar-refractivity contribution in [2.75, 3.05) is 31.6 Å². The number of aryl methyl sites for hydroxylation is 1. The first-order valence-electron chi connectivity index (χ1n) is 7.68. The average Bonchev–Trinajstić information content (AvgIpc) is 2.48. The fraction of sp³-hybridized carbons (Fsp3) is 0.688. The molecule has 1 aromatic rings. The first-order chi connectivity index (χ1) is 9.74. The second-order valence-electron chi connectivity index (χ2n) is 5.61. The maximum absolute atomic E-state index is 5.49. The number of pyridine rings is 1. The number of aromatic nitrogens is 1. The van der Waals surface area contributed by atoms with Gasteiger partial charge < -0.3 is 15.0 Å². The first kappa shape index (κ1) is 15.3. The van der Waals surface area contributed by atoms with Crippen LogP contribution < -0.4 is 10.2 Å². The number of hydrogen-bond donors (Lipinski definition) is 1. The summed E-state index contributed by atoms with van der Waals surface area (Å²) >= 11 is 0. The molecule has 1 saturated heterocycles. The number of nitrogens with one attached hydrogen (secondary N) is 1. The number of ether oxygens (including phenoxy) is 1. The van der Waals surface area contributed by atoms with Crippen molar-refractivity contribution in [2.45, 2.75) is 45.8 Å². The Bertz CT molecular complexity index is 422. The van der Waals surface area contributed by atoms with Crippen molar-refractivity contribution in [3.8, 4) is 0 Å². The molecule has 0 amide bonds. The Kier molecular flexibility index (Phi) is 5.80. The zero-order chi connectivity index (χ0) is 14.4. The third-order valence-corrected chi connectivity index (χ3v) is 3.87. The van der Waals surface area contributed by atoms with Crippen molar-refractivity contribution in [3.05, 3.63) is 23.4 Å². The van der Waals surface area contributed by atoms with Gasteiger partial charge in [0.1, 0.15) is 5.82 Å². The van der Waals surface area contributed by atoms with Crippen LogP contribution in [-0.2, 0) is 11.3 Å². The molecule has 2 rings (SSSR count). The van der Waals surface area contributed by atoms with Crippen LogP contribution in [0.25, 0.3) is 0 Å². The minimum absolute atomic E-state index is 0.343. The van der Waals surface area contributed by atoms with E-state index in [1.165, 1.54) is 17.5 Å². The van der Waals surface area contributed by atoms with E-state index in [-0.39, 0.29) is 0 Å². The van der Waals surface area contributed by atoms with Gasteiger partial charge >= 0.3 is 0 Å². The fourth-order valence-corrected chi connectivity index (χ4v) is 2.79. The Hall–Kier alpha value is -1.13. The van der Waals surface area contributed by atoms with Gasteiger partial charge in [0, 0.05) is 32.9 Å². The largest absolute Gasteiger partial charge is 0.380 e. The number of methoxy groups -OCH3 is 1. The highest BCUT2D eigenvalue weighted by atomic mass is 16.5. The molecule has 112 valence electrons. The summed E-state index contributed by atoms with van der Waals surface area (Å²) in [5.41, 5.74) is 2.53. The molecule has 1 N–H and O–H groups in total. The van der Waals surface area contributed by atoms with Gasteiger partial charge in [-0.05, 0) is 49.9 Å². The number of piperidine rings is 1. The lowest BCUT2D eigenvalue weighted by Crippen LogP contribution is -2.40. The number of nitrogens with zero attached hydrogens (tertiary/aromatic N) is 2. The van der Waals surface area contributed by atoms with Crippen LogP contribution in [-0.4, -0.2) is 37.8 Å². The van der Waals surface area contributed by atoms with Gasteiger partial charge in [0.25, 0.3) is 0 Å². The molecule has 0 saturated carbocycles. The average molecular weight is 277 g/mol. The van der Waals surface area contributed by atoms with Crippen molar-refractivity contribution >= 4 is 5.82 Å². The molecular weight excluding hydrogens is 250 g/mol. The van der Waals surface area contributed by atoms with E-state index in [2.05, 4.69) is 35.1 Å². The topological polar surface area (TPSA) is 37.4 Å². The van der Waals surface area contributed by atoms with Crippen molar-refractivity contribution < 1.29 is 4.74 Å². The molecular formula is C16H27N3O. The molecule has 1 aliphatic rings. The number of rotatable bonds is 6. The van der Waals surface area contributed by atoms with Crippen LogP contribution in [0.15, 0.2) is 12.3 Å². The van der Waals surface area contributed by atoms with Gasteiger partial charge in [-0.1, -0.05) is 6.92 Å². The summed E-state index contributed by atoms with van der Waals surface area (Å²) in [6.07, 6.45) is 5.85. The summed E-state index contributed by atoms with van der Waals surface area (Å²) in [6, 6.07) is 2.25. The van der Waals surface area contributed by atoms with Crippen LogP contribution in [0.4, 0.5) is 5.82 Å². The maximum Gasteiger partial charge on any atom is 0.131 e. The predicted molar refractivity (Wildman–Crippen MR) is 83.2 cm³/mol. The van der Waals surface area contributed by atoms with E-state index in [0.717, 1.165) is 44.8 Å². The van der Waals surface area contributed by atoms with Crippen molar-refractivity contribution in [3.63, 3.8) is 0 Å². The predicted octanol–water partition coefficient (Wildman–Crippen LogP) is 2.50. The minimum atomic E-state index is 0.343. The third-order valence-electron chi connectivity index (χ3n) is 3.87. The zero-order valence-corrected chi connectivity index (χ0v) is 13.0. The Morgan fingerprint density at radius 3 is 3.05 bits per heavy atom. The SMILES string of the molecule is CCCNCc1cnc(N2CCCC(OC)C2)c(C)c1. The number of hydrogen-bond acceptors (Lipinski definition) is 4. The molecule has 0 aromatic carbocycles. The minimum Gasteiger partial charge on any atom is -0.380 e. The second kappa shape index (κ2) is 7.60. The van der Waals surface area contributed by atoms with Gasteiger partial charge in [0.2, 0.25) is 0 Å². The lowest BCUT2D eigenvalue weighted by atomic mass is 10.1. The van der Waals surface area contributed by atoms with E-state index in [4.69, 9.17) is 4.74 Å². The van der Waals surface area contributed by atoms with Crippen LogP contribution in [0.2, 0.25) is 0 Å². The van der Waals surface area contributed by atoms with Crippen LogP contribution in [0, 0.1) is 6.92 Å². The lowest BCUT2D eigenvalue weighted by Gasteiger charge is -2.33. The summed E-state index contributed by atoms with van der Waals surface area (Å²) in [7, 11) is 1.80. The van der Waals surface area contributed by atoms with Crippen molar-refractivity contribution in [2.24, 2.45) is 0 Å². The van der Waals surface area contributed by atoms with Crippen LogP contribution in [0.1, 0.15) is 37.3 Å². The molecule has 4 heteroatoms. The van der Waals surface area contributed by atoms with Crippen molar-refractivity contribution in [1.29, 1.82) is 0 Å². The molecule has 1 aromatic heterocycles. The van der Waals surface area contributed by atoms with Gasteiger partial charge in [0.05, 0.1) is 6.10 Å². The quantitative estimate of drug-likeness (QED) is 0.811. The van der Waals surface area contributed by atoms with E-state index in [0.29, 0.717) is 6.10 Å². The molecule has 0 spiro atoms. The number of anilines is 1. The molecule has 1 unspecified atom stereocenters. The molecule has 0 bridgehead atoms. The highest BCUT2D eigenvalue weighted by Crippen LogP contribution is 2.23. The normalized spacial score (nSPS) is 19.4. The summed E-state index contributed by atoms with van der Waals surface area (Å²) in [5, 5.41) is 3.42. The monoisotopic (exact) mass is 277 g/mol. The summed E-state index contributed by atoms with van der Waals surface area (Å²) in [5.74, 6) is 1.12.